The van der Waals surface area contributed by atoms with Gasteiger partial charge in [0, 0.05) is 54.7 Å². The van der Waals surface area contributed by atoms with E-state index in [1.54, 1.807) is 23.1 Å². The van der Waals surface area contributed by atoms with Crippen LogP contribution >= 0.6 is 11.6 Å². The predicted octanol–water partition coefficient (Wildman–Crippen LogP) is 4.92. The van der Waals surface area contributed by atoms with Gasteiger partial charge in [0.05, 0.1) is 13.2 Å². The zero-order valence-corrected chi connectivity index (χ0v) is 19.8. The Balaban J connectivity index is 1.65. The Morgan fingerprint density at radius 3 is 2.58 bits per heavy atom. The van der Waals surface area contributed by atoms with Crippen LogP contribution in [0.5, 0.6) is 11.5 Å². The quantitative estimate of drug-likeness (QED) is 0.646. The molecule has 0 bridgehead atoms. The number of carbonyl (C=O) groups excluding carboxylic acids is 1. The number of likely N-dealkylation sites (tertiary alicyclic amines) is 1. The number of carbonyl (C=O) groups is 1. The number of ether oxygens (including phenoxy) is 2. The molecule has 2 aromatic rings. The number of halogens is 1. The summed E-state index contributed by atoms with van der Waals surface area (Å²) in [5, 5.41) is 14.8. The maximum Gasteiger partial charge on any atom is 0.409 e. The van der Waals surface area contributed by atoms with Crippen LogP contribution in [0.1, 0.15) is 50.3 Å². The minimum absolute atomic E-state index is 0.170. The molecule has 0 radical (unpaired) electrons. The molecule has 1 atom stereocenters. The van der Waals surface area contributed by atoms with E-state index < -0.39 is 5.66 Å². The molecule has 7 nitrogen and oxygen atoms in total. The molecule has 1 saturated heterocycles. The first-order valence-electron chi connectivity index (χ1n) is 11.4. The smallest absolute Gasteiger partial charge is 0.409 e. The second-order valence-electron chi connectivity index (χ2n) is 8.34. The van der Waals surface area contributed by atoms with Gasteiger partial charge in [-0.1, -0.05) is 11.6 Å². The van der Waals surface area contributed by atoms with Crippen LogP contribution in [0.2, 0.25) is 5.02 Å². The normalized spacial score (nSPS) is 19.8. The van der Waals surface area contributed by atoms with Crippen LogP contribution in [0.25, 0.3) is 0 Å². The average molecular weight is 472 g/mol. The number of piperidine rings is 1. The number of hydrogen-bond acceptors (Lipinski definition) is 6. The molecule has 2 aliphatic heterocycles. The monoisotopic (exact) mass is 471 g/mol. The lowest BCUT2D eigenvalue weighted by molar-refractivity contribution is 0.0778. The summed E-state index contributed by atoms with van der Waals surface area (Å²) in [6, 6.07) is 12.9. The maximum absolute atomic E-state index is 12.2. The third-order valence-electron chi connectivity index (χ3n) is 6.17. The third kappa shape index (κ3) is 5.25. The molecule has 1 unspecified atom stereocenters. The number of phenolic OH excluding ortho intramolecular Hbond substituents is 1. The van der Waals surface area contributed by atoms with E-state index >= 15 is 0 Å². The SMILES string of the molecule is CCOC(=O)N1CCC2(CC1)N=C(c1ccc(OCC)cc1)CC(c1cc(Cl)ccc1O)N2. The van der Waals surface area contributed by atoms with E-state index in [0.29, 0.717) is 50.6 Å². The van der Waals surface area contributed by atoms with Gasteiger partial charge in [-0.2, -0.15) is 0 Å². The highest BCUT2D eigenvalue weighted by Crippen LogP contribution is 2.38. The van der Waals surface area contributed by atoms with Crippen molar-refractivity contribution in [2.45, 2.75) is 44.8 Å². The molecule has 2 heterocycles. The average Bonchev–Trinajstić information content (AvgIpc) is 2.81. The molecule has 2 N–H and O–H groups in total. The highest BCUT2D eigenvalue weighted by molar-refractivity contribution is 6.30. The van der Waals surface area contributed by atoms with Gasteiger partial charge in [0.25, 0.3) is 0 Å². The summed E-state index contributed by atoms with van der Waals surface area (Å²) < 4.78 is 10.8. The number of nitrogens with zero attached hydrogens (tertiary/aromatic N) is 2. The van der Waals surface area contributed by atoms with E-state index in [9.17, 15) is 9.90 Å². The number of hydrogen-bond donors (Lipinski definition) is 2. The molecule has 0 aliphatic carbocycles. The van der Waals surface area contributed by atoms with Crippen LogP contribution in [0.3, 0.4) is 0 Å². The fraction of sp³-hybridized carbons (Fsp3) is 0.440. The van der Waals surface area contributed by atoms with Gasteiger partial charge in [0.15, 0.2) is 0 Å². The zero-order valence-electron chi connectivity index (χ0n) is 19.0. The first-order valence-corrected chi connectivity index (χ1v) is 11.8. The Morgan fingerprint density at radius 1 is 1.18 bits per heavy atom. The number of aliphatic imine (C=N–C) groups is 1. The van der Waals surface area contributed by atoms with Crippen LogP contribution in [-0.2, 0) is 4.74 Å². The minimum atomic E-state index is -0.547. The molecule has 33 heavy (non-hydrogen) atoms. The molecule has 0 aromatic heterocycles. The fourth-order valence-corrected chi connectivity index (χ4v) is 4.70. The Morgan fingerprint density at radius 2 is 1.91 bits per heavy atom. The molecule has 2 aliphatic rings. The minimum Gasteiger partial charge on any atom is -0.508 e. The Hall–Kier alpha value is -2.77. The van der Waals surface area contributed by atoms with Gasteiger partial charge in [-0.3, -0.25) is 10.3 Å². The summed E-state index contributed by atoms with van der Waals surface area (Å²) in [5.41, 5.74) is 2.16. The summed E-state index contributed by atoms with van der Waals surface area (Å²) in [4.78, 5) is 19.1. The van der Waals surface area contributed by atoms with E-state index in [4.69, 9.17) is 26.1 Å². The number of aromatic hydroxyl groups is 1. The van der Waals surface area contributed by atoms with Crippen LogP contribution in [0, 0.1) is 0 Å². The summed E-state index contributed by atoms with van der Waals surface area (Å²) in [7, 11) is 0. The summed E-state index contributed by atoms with van der Waals surface area (Å²) in [6.07, 6.45) is 1.60. The number of nitrogens with one attached hydrogen (secondary N) is 1. The van der Waals surface area contributed by atoms with Crippen molar-refractivity contribution in [1.29, 1.82) is 0 Å². The van der Waals surface area contributed by atoms with Gasteiger partial charge in [-0.05, 0) is 61.9 Å². The van der Waals surface area contributed by atoms with Gasteiger partial charge >= 0.3 is 6.09 Å². The molecule has 1 spiro atoms. The highest BCUT2D eigenvalue weighted by atomic mass is 35.5. The molecule has 4 rings (SSSR count). The maximum atomic E-state index is 12.2. The fourth-order valence-electron chi connectivity index (χ4n) is 4.52. The first-order chi connectivity index (χ1) is 15.9. The summed E-state index contributed by atoms with van der Waals surface area (Å²) in [5.74, 6) is 1.02. The number of benzene rings is 2. The van der Waals surface area contributed by atoms with Gasteiger partial charge in [0.2, 0.25) is 0 Å². The second kappa shape index (κ2) is 10.0. The van der Waals surface area contributed by atoms with Crippen molar-refractivity contribution in [3.05, 3.63) is 58.6 Å². The Bertz CT molecular complexity index is 1020. The lowest BCUT2D eigenvalue weighted by atomic mass is 9.87. The first kappa shape index (κ1) is 23.4. The van der Waals surface area contributed by atoms with Crippen LogP contribution in [0.15, 0.2) is 47.5 Å². The highest BCUT2D eigenvalue weighted by Gasteiger charge is 2.41. The molecule has 1 amide bonds. The van der Waals surface area contributed by atoms with Crippen LogP contribution in [-0.4, -0.2) is 53.8 Å². The second-order valence-corrected chi connectivity index (χ2v) is 8.77. The Kier molecular flexibility index (Phi) is 7.10. The lowest BCUT2D eigenvalue weighted by Gasteiger charge is -2.45. The third-order valence-corrected chi connectivity index (χ3v) is 6.40. The molecular formula is C25H30ClN3O4. The van der Waals surface area contributed by atoms with Crippen molar-refractivity contribution in [2.75, 3.05) is 26.3 Å². The van der Waals surface area contributed by atoms with Crippen molar-refractivity contribution in [3.63, 3.8) is 0 Å². The van der Waals surface area contributed by atoms with Gasteiger partial charge in [-0.15, -0.1) is 0 Å². The molecular weight excluding hydrogens is 442 g/mol. The largest absolute Gasteiger partial charge is 0.508 e. The molecule has 176 valence electrons. The van der Waals surface area contributed by atoms with Crippen molar-refractivity contribution in [3.8, 4) is 11.5 Å². The number of amides is 1. The Labute approximate surface area is 199 Å². The summed E-state index contributed by atoms with van der Waals surface area (Å²) >= 11 is 6.26. The molecule has 0 saturated carbocycles. The standard InChI is InChI=1S/C25H30ClN3O4/c1-3-32-19-8-5-17(6-9-19)21-16-22(20-15-18(26)7-10-23(20)30)28-25(27-21)11-13-29(14-12-25)24(31)33-4-2/h5-10,15,22,28,30H,3-4,11-14,16H2,1-2H3. The van der Waals surface area contributed by atoms with Crippen molar-refractivity contribution < 1.29 is 19.4 Å². The van der Waals surface area contributed by atoms with E-state index in [2.05, 4.69) is 5.32 Å². The lowest BCUT2D eigenvalue weighted by Crippen LogP contribution is -2.56. The van der Waals surface area contributed by atoms with Crippen LogP contribution in [0.4, 0.5) is 4.79 Å². The summed E-state index contributed by atoms with van der Waals surface area (Å²) in [6.45, 7) is 5.82. The van der Waals surface area contributed by atoms with E-state index in [-0.39, 0.29) is 17.9 Å². The zero-order chi connectivity index (χ0) is 23.4. The molecule has 2 aromatic carbocycles. The van der Waals surface area contributed by atoms with E-state index in [1.165, 1.54) is 0 Å². The van der Waals surface area contributed by atoms with Crippen LogP contribution < -0.4 is 10.1 Å². The topological polar surface area (TPSA) is 83.4 Å². The van der Waals surface area contributed by atoms with Crippen molar-refractivity contribution >= 4 is 23.4 Å². The van der Waals surface area contributed by atoms with E-state index in [1.807, 2.05) is 38.1 Å². The van der Waals surface area contributed by atoms with Gasteiger partial charge in [-0.25, -0.2) is 4.79 Å². The molecule has 8 heteroatoms. The predicted molar refractivity (Wildman–Crippen MR) is 128 cm³/mol. The van der Waals surface area contributed by atoms with Crippen molar-refractivity contribution in [1.82, 2.24) is 10.2 Å². The van der Waals surface area contributed by atoms with Gasteiger partial charge in [0.1, 0.15) is 17.2 Å². The number of rotatable bonds is 5. The van der Waals surface area contributed by atoms with E-state index in [0.717, 1.165) is 22.6 Å². The molecule has 1 fully saturated rings. The van der Waals surface area contributed by atoms with Crippen molar-refractivity contribution in [2.24, 2.45) is 4.99 Å². The number of phenols is 1. The van der Waals surface area contributed by atoms with Gasteiger partial charge < -0.3 is 19.5 Å².